The SMILES string of the molecule is CCNC(=NCc1ccccc1NS(C)(=O)=O)NCCc1ccccc1OC. The summed E-state index contributed by atoms with van der Waals surface area (Å²) in [6, 6.07) is 15.2. The number of methoxy groups -OCH3 is 1. The number of para-hydroxylation sites is 2. The van der Waals surface area contributed by atoms with Crippen LogP contribution in [0.5, 0.6) is 5.75 Å². The fraction of sp³-hybridized carbons (Fsp3) is 0.350. The smallest absolute Gasteiger partial charge is 0.229 e. The summed E-state index contributed by atoms with van der Waals surface area (Å²) in [5.74, 6) is 1.54. The van der Waals surface area contributed by atoms with Crippen LogP contribution in [0.1, 0.15) is 18.1 Å². The zero-order chi connectivity index (χ0) is 20.4. The van der Waals surface area contributed by atoms with E-state index in [4.69, 9.17) is 4.74 Å². The van der Waals surface area contributed by atoms with Crippen molar-refractivity contribution >= 4 is 21.7 Å². The van der Waals surface area contributed by atoms with Crippen LogP contribution in [-0.4, -0.2) is 40.8 Å². The Morgan fingerprint density at radius 1 is 1.04 bits per heavy atom. The topological polar surface area (TPSA) is 91.8 Å². The van der Waals surface area contributed by atoms with Gasteiger partial charge in [0.05, 0.1) is 25.6 Å². The maximum atomic E-state index is 11.5. The van der Waals surface area contributed by atoms with Crippen LogP contribution in [0.3, 0.4) is 0 Å². The molecule has 0 saturated heterocycles. The number of nitrogens with zero attached hydrogens (tertiary/aromatic N) is 1. The monoisotopic (exact) mass is 404 g/mol. The minimum atomic E-state index is -3.34. The summed E-state index contributed by atoms with van der Waals surface area (Å²) in [5, 5.41) is 6.51. The molecule has 8 heteroatoms. The van der Waals surface area contributed by atoms with Gasteiger partial charge < -0.3 is 15.4 Å². The molecule has 0 amide bonds. The molecule has 0 aromatic heterocycles. The normalized spacial score (nSPS) is 11.8. The van der Waals surface area contributed by atoms with Gasteiger partial charge in [0.25, 0.3) is 0 Å². The Kier molecular flexibility index (Phi) is 8.13. The van der Waals surface area contributed by atoms with Gasteiger partial charge in [-0.15, -0.1) is 0 Å². The highest BCUT2D eigenvalue weighted by atomic mass is 32.2. The van der Waals surface area contributed by atoms with Crippen molar-refractivity contribution in [2.24, 2.45) is 4.99 Å². The first-order valence-electron chi connectivity index (χ1n) is 9.12. The standard InChI is InChI=1S/C20H28N4O3S/c1-4-21-20(22-14-13-16-9-6-8-12-19(16)27-2)23-15-17-10-5-7-11-18(17)24-28(3,25)26/h5-12,24H,4,13-15H2,1-3H3,(H2,21,22,23). The van der Waals surface area contributed by atoms with E-state index in [1.807, 2.05) is 43.3 Å². The molecule has 2 aromatic rings. The van der Waals surface area contributed by atoms with Crippen molar-refractivity contribution in [2.75, 3.05) is 31.2 Å². The van der Waals surface area contributed by atoms with E-state index in [0.717, 1.165) is 36.1 Å². The summed E-state index contributed by atoms with van der Waals surface area (Å²) >= 11 is 0. The third kappa shape index (κ3) is 7.11. The van der Waals surface area contributed by atoms with E-state index < -0.39 is 10.0 Å². The van der Waals surface area contributed by atoms with Gasteiger partial charge in [-0.25, -0.2) is 13.4 Å². The number of rotatable bonds is 9. The van der Waals surface area contributed by atoms with Crippen LogP contribution in [0.25, 0.3) is 0 Å². The van der Waals surface area contributed by atoms with Crippen molar-refractivity contribution in [1.82, 2.24) is 10.6 Å². The highest BCUT2D eigenvalue weighted by molar-refractivity contribution is 7.92. The number of nitrogens with one attached hydrogen (secondary N) is 3. The Labute approximate surface area is 167 Å². The molecule has 0 saturated carbocycles. The molecule has 3 N–H and O–H groups in total. The number of benzene rings is 2. The van der Waals surface area contributed by atoms with Crippen LogP contribution in [0, 0.1) is 0 Å². The zero-order valence-electron chi connectivity index (χ0n) is 16.5. The van der Waals surface area contributed by atoms with E-state index in [0.29, 0.717) is 24.7 Å². The van der Waals surface area contributed by atoms with Gasteiger partial charge in [-0.1, -0.05) is 36.4 Å². The van der Waals surface area contributed by atoms with Crippen LogP contribution in [0.15, 0.2) is 53.5 Å². The van der Waals surface area contributed by atoms with E-state index in [2.05, 4.69) is 20.3 Å². The molecule has 0 aliphatic carbocycles. The first kappa shape index (κ1) is 21.6. The van der Waals surface area contributed by atoms with E-state index in [1.54, 1.807) is 19.2 Å². The van der Waals surface area contributed by atoms with E-state index in [1.165, 1.54) is 0 Å². The Morgan fingerprint density at radius 2 is 1.71 bits per heavy atom. The molecule has 0 radical (unpaired) electrons. The number of sulfonamides is 1. The molecule has 2 rings (SSSR count). The number of hydrogen-bond donors (Lipinski definition) is 3. The lowest BCUT2D eigenvalue weighted by Crippen LogP contribution is -2.38. The summed E-state index contributed by atoms with van der Waals surface area (Å²) in [5.41, 5.74) is 2.46. The quantitative estimate of drug-likeness (QED) is 0.441. The molecule has 0 unspecified atom stereocenters. The maximum absolute atomic E-state index is 11.5. The molecule has 0 aliphatic rings. The van der Waals surface area contributed by atoms with Gasteiger partial charge in [0.1, 0.15) is 5.75 Å². The second-order valence-electron chi connectivity index (χ2n) is 6.22. The molecule has 0 fully saturated rings. The van der Waals surface area contributed by atoms with Crippen LogP contribution in [0.2, 0.25) is 0 Å². The van der Waals surface area contributed by atoms with Gasteiger partial charge in [0.15, 0.2) is 5.96 Å². The molecular weight excluding hydrogens is 376 g/mol. The first-order chi connectivity index (χ1) is 13.4. The second-order valence-corrected chi connectivity index (χ2v) is 7.96. The van der Waals surface area contributed by atoms with Crippen molar-refractivity contribution in [3.05, 3.63) is 59.7 Å². The van der Waals surface area contributed by atoms with Crippen molar-refractivity contribution in [2.45, 2.75) is 19.9 Å². The Bertz CT molecular complexity index is 898. The average molecular weight is 405 g/mol. The summed E-state index contributed by atoms with van der Waals surface area (Å²) < 4.78 is 31.0. The number of guanidine groups is 1. The fourth-order valence-electron chi connectivity index (χ4n) is 2.69. The number of aliphatic imine (C=N–C) groups is 1. The Hall–Kier alpha value is -2.74. The van der Waals surface area contributed by atoms with Crippen LogP contribution >= 0.6 is 0 Å². The Balaban J connectivity index is 2.03. The van der Waals surface area contributed by atoms with E-state index >= 15 is 0 Å². The summed E-state index contributed by atoms with van der Waals surface area (Å²) in [6.07, 6.45) is 1.93. The van der Waals surface area contributed by atoms with Crippen LogP contribution in [-0.2, 0) is 23.0 Å². The van der Waals surface area contributed by atoms with Gasteiger partial charge in [0.2, 0.25) is 10.0 Å². The first-order valence-corrected chi connectivity index (χ1v) is 11.0. The maximum Gasteiger partial charge on any atom is 0.229 e. The van der Waals surface area contributed by atoms with Gasteiger partial charge in [-0.2, -0.15) is 0 Å². The highest BCUT2D eigenvalue weighted by Gasteiger charge is 2.07. The zero-order valence-corrected chi connectivity index (χ0v) is 17.3. The van der Waals surface area contributed by atoms with E-state index in [-0.39, 0.29) is 0 Å². The molecule has 0 heterocycles. The molecular formula is C20H28N4O3S. The lowest BCUT2D eigenvalue weighted by Gasteiger charge is -2.13. The van der Waals surface area contributed by atoms with Gasteiger partial charge in [0, 0.05) is 13.1 Å². The summed E-state index contributed by atoms with van der Waals surface area (Å²) in [4.78, 5) is 4.58. The third-order valence-electron chi connectivity index (χ3n) is 3.94. The molecule has 2 aromatic carbocycles. The summed E-state index contributed by atoms with van der Waals surface area (Å²) in [6.45, 7) is 3.76. The molecule has 7 nitrogen and oxygen atoms in total. The third-order valence-corrected chi connectivity index (χ3v) is 4.53. The van der Waals surface area contributed by atoms with Gasteiger partial charge in [-0.3, -0.25) is 4.72 Å². The highest BCUT2D eigenvalue weighted by Crippen LogP contribution is 2.18. The molecule has 28 heavy (non-hydrogen) atoms. The predicted molar refractivity (Wildman–Crippen MR) is 114 cm³/mol. The average Bonchev–Trinajstić information content (AvgIpc) is 2.66. The molecule has 0 bridgehead atoms. The minimum Gasteiger partial charge on any atom is -0.496 e. The minimum absolute atomic E-state index is 0.350. The lowest BCUT2D eigenvalue weighted by atomic mass is 10.1. The van der Waals surface area contributed by atoms with Crippen LogP contribution in [0.4, 0.5) is 5.69 Å². The fourth-order valence-corrected chi connectivity index (χ4v) is 3.29. The largest absolute Gasteiger partial charge is 0.496 e. The van der Waals surface area contributed by atoms with Crippen molar-refractivity contribution < 1.29 is 13.2 Å². The molecule has 0 spiro atoms. The number of hydrogen-bond acceptors (Lipinski definition) is 4. The van der Waals surface area contributed by atoms with Gasteiger partial charge in [-0.05, 0) is 36.6 Å². The van der Waals surface area contributed by atoms with Crippen molar-refractivity contribution in [3.63, 3.8) is 0 Å². The predicted octanol–water partition coefficient (Wildman–Crippen LogP) is 2.36. The number of ether oxygens (including phenoxy) is 1. The lowest BCUT2D eigenvalue weighted by molar-refractivity contribution is 0.409. The summed E-state index contributed by atoms with van der Waals surface area (Å²) in [7, 11) is -1.68. The van der Waals surface area contributed by atoms with Gasteiger partial charge >= 0.3 is 0 Å². The second kappa shape index (κ2) is 10.6. The molecule has 0 atom stereocenters. The van der Waals surface area contributed by atoms with E-state index in [9.17, 15) is 8.42 Å². The Morgan fingerprint density at radius 3 is 2.39 bits per heavy atom. The molecule has 152 valence electrons. The van der Waals surface area contributed by atoms with Crippen LogP contribution < -0.4 is 20.1 Å². The number of anilines is 1. The van der Waals surface area contributed by atoms with Crippen molar-refractivity contribution in [3.8, 4) is 5.75 Å². The van der Waals surface area contributed by atoms with Crippen molar-refractivity contribution in [1.29, 1.82) is 0 Å². The molecule has 0 aliphatic heterocycles.